The Kier molecular flexibility index (Phi) is 3.31. The van der Waals surface area contributed by atoms with E-state index in [4.69, 9.17) is 14.2 Å². The number of hydrogen-bond donors (Lipinski definition) is 1. The zero-order chi connectivity index (χ0) is 17.3. The van der Waals surface area contributed by atoms with Gasteiger partial charge in [-0.1, -0.05) is 0 Å². The van der Waals surface area contributed by atoms with E-state index in [1.165, 1.54) is 0 Å². The molecule has 4 heterocycles. The molecule has 2 aromatic heterocycles. The van der Waals surface area contributed by atoms with Crippen LogP contribution in [0.3, 0.4) is 0 Å². The van der Waals surface area contributed by atoms with Gasteiger partial charge in [-0.3, -0.25) is 0 Å². The van der Waals surface area contributed by atoms with Gasteiger partial charge in [0.05, 0.1) is 11.3 Å². The standard InChI is InChI=1S/C17H23N3O4/c1-9-10-6-7-20(14(10)19-8-18-9)15-12-11(23-17(4,5)24-12)13(22-15)16(2,3)21/h6-8,11-13,15,21H,1-5H3/t11-,12+,13+,15+/m0/s1. The van der Waals surface area contributed by atoms with Crippen molar-refractivity contribution >= 4 is 11.0 Å². The molecule has 2 aliphatic rings. The summed E-state index contributed by atoms with van der Waals surface area (Å²) in [4.78, 5) is 8.63. The van der Waals surface area contributed by atoms with Crippen LogP contribution >= 0.6 is 0 Å². The monoisotopic (exact) mass is 333 g/mol. The first-order chi connectivity index (χ1) is 11.2. The van der Waals surface area contributed by atoms with Crippen LogP contribution in [0.25, 0.3) is 11.0 Å². The molecular formula is C17H23N3O4. The smallest absolute Gasteiger partial charge is 0.164 e. The van der Waals surface area contributed by atoms with Crippen molar-refractivity contribution in [2.45, 2.75) is 70.5 Å². The summed E-state index contributed by atoms with van der Waals surface area (Å²) in [7, 11) is 0. The highest BCUT2D eigenvalue weighted by molar-refractivity contribution is 5.78. The van der Waals surface area contributed by atoms with Crippen molar-refractivity contribution in [3.8, 4) is 0 Å². The highest BCUT2D eigenvalue weighted by atomic mass is 16.8. The minimum Gasteiger partial charge on any atom is -0.388 e. The zero-order valence-corrected chi connectivity index (χ0v) is 14.6. The number of aliphatic hydroxyl groups is 1. The first-order valence-electron chi connectivity index (χ1n) is 8.19. The molecule has 2 saturated heterocycles. The first kappa shape index (κ1) is 16.0. The van der Waals surface area contributed by atoms with Gasteiger partial charge in [0.25, 0.3) is 0 Å². The average Bonchev–Trinajstić information content (AvgIpc) is 3.08. The molecule has 0 bridgehead atoms. The largest absolute Gasteiger partial charge is 0.388 e. The van der Waals surface area contributed by atoms with Crippen LogP contribution in [0.15, 0.2) is 18.6 Å². The van der Waals surface area contributed by atoms with Crippen LogP contribution in [0.2, 0.25) is 0 Å². The molecule has 7 heteroatoms. The van der Waals surface area contributed by atoms with Crippen molar-refractivity contribution in [2.24, 2.45) is 0 Å². The maximum absolute atomic E-state index is 10.5. The van der Waals surface area contributed by atoms with E-state index in [9.17, 15) is 5.11 Å². The van der Waals surface area contributed by atoms with Gasteiger partial charge >= 0.3 is 0 Å². The van der Waals surface area contributed by atoms with E-state index in [1.807, 2.05) is 37.6 Å². The molecule has 24 heavy (non-hydrogen) atoms. The fourth-order valence-corrected chi connectivity index (χ4v) is 3.67. The fourth-order valence-electron chi connectivity index (χ4n) is 3.67. The average molecular weight is 333 g/mol. The van der Waals surface area contributed by atoms with Gasteiger partial charge in [-0.15, -0.1) is 0 Å². The molecule has 0 saturated carbocycles. The van der Waals surface area contributed by atoms with E-state index in [-0.39, 0.29) is 12.2 Å². The van der Waals surface area contributed by atoms with Crippen LogP contribution < -0.4 is 0 Å². The molecule has 2 aromatic rings. The molecule has 0 amide bonds. The SMILES string of the molecule is Cc1ncnc2c1ccn2[C@@H]1O[C@@H](C(C)(C)O)[C@H]2OC(C)(C)O[C@H]21. The molecule has 0 spiro atoms. The second-order valence-electron chi connectivity index (χ2n) is 7.59. The van der Waals surface area contributed by atoms with Crippen molar-refractivity contribution in [1.82, 2.24) is 14.5 Å². The van der Waals surface area contributed by atoms with Crippen molar-refractivity contribution in [3.63, 3.8) is 0 Å². The number of fused-ring (bicyclic) bond motifs is 2. The minimum atomic E-state index is -1.05. The lowest BCUT2D eigenvalue weighted by molar-refractivity contribution is -0.216. The lowest BCUT2D eigenvalue weighted by atomic mass is 9.96. The summed E-state index contributed by atoms with van der Waals surface area (Å²) in [6, 6.07) is 1.97. The maximum atomic E-state index is 10.5. The number of hydrogen-bond acceptors (Lipinski definition) is 6. The predicted octanol–water partition coefficient (Wildman–Crippen LogP) is 1.93. The molecule has 0 unspecified atom stereocenters. The van der Waals surface area contributed by atoms with E-state index < -0.39 is 23.7 Å². The molecule has 2 aliphatic heterocycles. The van der Waals surface area contributed by atoms with Crippen LogP contribution in [0.1, 0.15) is 39.6 Å². The Morgan fingerprint density at radius 3 is 2.62 bits per heavy atom. The number of aryl methyl sites for hydroxylation is 1. The molecule has 4 atom stereocenters. The van der Waals surface area contributed by atoms with Crippen molar-refractivity contribution in [1.29, 1.82) is 0 Å². The van der Waals surface area contributed by atoms with Crippen LogP contribution in [-0.4, -0.2) is 49.3 Å². The van der Waals surface area contributed by atoms with Gasteiger partial charge in [0.15, 0.2) is 12.0 Å². The van der Waals surface area contributed by atoms with Gasteiger partial charge in [-0.2, -0.15) is 0 Å². The highest BCUT2D eigenvalue weighted by Gasteiger charge is 2.59. The van der Waals surface area contributed by atoms with Gasteiger partial charge in [0.1, 0.15) is 30.3 Å². The summed E-state index contributed by atoms with van der Waals surface area (Å²) in [5.74, 6) is -0.714. The number of nitrogens with zero attached hydrogens (tertiary/aromatic N) is 3. The first-order valence-corrected chi connectivity index (χ1v) is 8.19. The molecule has 130 valence electrons. The van der Waals surface area contributed by atoms with Gasteiger partial charge in [-0.25, -0.2) is 9.97 Å². The van der Waals surface area contributed by atoms with Gasteiger partial charge in [0, 0.05) is 11.6 Å². The lowest BCUT2D eigenvalue weighted by Gasteiger charge is -2.30. The van der Waals surface area contributed by atoms with Gasteiger partial charge in [0.2, 0.25) is 0 Å². The third-order valence-electron chi connectivity index (χ3n) is 4.71. The maximum Gasteiger partial charge on any atom is 0.164 e. The summed E-state index contributed by atoms with van der Waals surface area (Å²) in [6.07, 6.45) is 1.90. The molecule has 4 rings (SSSR count). The van der Waals surface area contributed by atoms with Crippen molar-refractivity contribution in [2.75, 3.05) is 0 Å². The third-order valence-corrected chi connectivity index (χ3v) is 4.71. The van der Waals surface area contributed by atoms with Crippen LogP contribution in [0, 0.1) is 6.92 Å². The summed E-state index contributed by atoms with van der Waals surface area (Å²) in [5, 5.41) is 11.5. The predicted molar refractivity (Wildman–Crippen MR) is 86.3 cm³/mol. The minimum absolute atomic E-state index is 0.317. The number of rotatable bonds is 2. The Morgan fingerprint density at radius 1 is 1.21 bits per heavy atom. The Balaban J connectivity index is 1.78. The second kappa shape index (κ2) is 4.98. The Morgan fingerprint density at radius 2 is 1.92 bits per heavy atom. The molecule has 2 fully saturated rings. The molecule has 0 aromatic carbocycles. The van der Waals surface area contributed by atoms with Crippen molar-refractivity contribution in [3.05, 3.63) is 24.3 Å². The summed E-state index contributed by atoms with van der Waals surface area (Å²) in [6.45, 7) is 9.16. The normalized spacial score (nSPS) is 32.4. The Bertz CT molecular complexity index is 780. The quantitative estimate of drug-likeness (QED) is 0.905. The Hall–Kier alpha value is -1.54. The summed E-state index contributed by atoms with van der Waals surface area (Å²) in [5.41, 5.74) is 0.655. The van der Waals surface area contributed by atoms with Crippen LogP contribution in [0.5, 0.6) is 0 Å². The van der Waals surface area contributed by atoms with Gasteiger partial charge < -0.3 is 23.9 Å². The summed E-state index contributed by atoms with van der Waals surface area (Å²) >= 11 is 0. The molecular weight excluding hydrogens is 310 g/mol. The van der Waals surface area contributed by atoms with E-state index in [2.05, 4.69) is 9.97 Å². The van der Waals surface area contributed by atoms with Crippen molar-refractivity contribution < 1.29 is 19.3 Å². The van der Waals surface area contributed by atoms with Crippen LogP contribution in [0.4, 0.5) is 0 Å². The number of aromatic nitrogens is 3. The number of ether oxygens (including phenoxy) is 3. The molecule has 0 radical (unpaired) electrons. The zero-order valence-electron chi connectivity index (χ0n) is 14.6. The van der Waals surface area contributed by atoms with E-state index in [1.54, 1.807) is 20.2 Å². The van der Waals surface area contributed by atoms with E-state index in [0.717, 1.165) is 16.7 Å². The molecule has 0 aliphatic carbocycles. The topological polar surface area (TPSA) is 78.6 Å². The fraction of sp³-hybridized carbons (Fsp3) is 0.647. The Labute approximate surface area is 140 Å². The van der Waals surface area contributed by atoms with E-state index >= 15 is 0 Å². The van der Waals surface area contributed by atoms with Crippen LogP contribution in [-0.2, 0) is 14.2 Å². The third kappa shape index (κ3) is 2.35. The van der Waals surface area contributed by atoms with E-state index in [0.29, 0.717) is 0 Å². The molecule has 7 nitrogen and oxygen atoms in total. The molecule has 1 N–H and O–H groups in total. The second-order valence-corrected chi connectivity index (χ2v) is 7.59. The van der Waals surface area contributed by atoms with Gasteiger partial charge in [-0.05, 0) is 40.7 Å². The lowest BCUT2D eigenvalue weighted by Crippen LogP contribution is -2.45. The highest BCUT2D eigenvalue weighted by Crippen LogP contribution is 2.46. The summed E-state index contributed by atoms with van der Waals surface area (Å²) < 4.78 is 20.2.